The lowest BCUT2D eigenvalue weighted by atomic mass is 9.91. The Balaban J connectivity index is 1.06. The van der Waals surface area contributed by atoms with Crippen LogP contribution in [0.4, 0.5) is 17.1 Å². The number of hydrogen-bond donors (Lipinski definition) is 0. The van der Waals surface area contributed by atoms with Gasteiger partial charge >= 0.3 is 0 Å². The molecule has 0 saturated heterocycles. The van der Waals surface area contributed by atoms with Gasteiger partial charge in [-0.2, -0.15) is 0 Å². The lowest BCUT2D eigenvalue weighted by molar-refractivity contribution is 0.673. The minimum absolute atomic E-state index is 0.869. The number of rotatable bonds is 5. The Kier molecular flexibility index (Phi) is 7.26. The molecule has 0 N–H and O–H groups in total. The van der Waals surface area contributed by atoms with Gasteiger partial charge in [0.25, 0.3) is 0 Å². The van der Waals surface area contributed by atoms with Gasteiger partial charge in [-0.1, -0.05) is 152 Å². The second-order valence-electron chi connectivity index (χ2n) is 15.3. The predicted molar refractivity (Wildman–Crippen MR) is 247 cm³/mol. The SMILES string of the molecule is c1ccc(N(c2ccc(-c3ccc4ccccc4c3)cc2)c2ccc3oc4c5ccccc5cc(-c5ccc6ccc7ccc8ccccc8c7c6c5)c4c3c2)cc1. The summed E-state index contributed by atoms with van der Waals surface area (Å²) in [4.78, 5) is 2.34. The standard InChI is InChI=1S/C56H35NO/c1-2-14-45(15-3-1)57(46-28-26-37(27-29-46)42-24-18-36-10-4-5-12-41(36)32-42)47-30-31-53-52(35-47)55-51(33-43-13-7-9-17-49(43)56(55)58-53)44-25-21-39-20-23-40-22-19-38-11-6-8-16-48(38)54(40)50(39)34-44/h1-35H. The van der Waals surface area contributed by atoms with Gasteiger partial charge in [0.05, 0.1) is 0 Å². The first-order valence-corrected chi connectivity index (χ1v) is 19.9. The van der Waals surface area contributed by atoms with Crippen molar-refractivity contribution in [1.82, 2.24) is 0 Å². The fourth-order valence-electron chi connectivity index (χ4n) is 9.16. The van der Waals surface area contributed by atoms with Crippen LogP contribution in [0.1, 0.15) is 0 Å². The summed E-state index contributed by atoms with van der Waals surface area (Å²) in [6, 6.07) is 77.0. The zero-order valence-corrected chi connectivity index (χ0v) is 31.6. The van der Waals surface area contributed by atoms with Crippen LogP contribution in [0.2, 0.25) is 0 Å². The molecule has 0 fully saturated rings. The van der Waals surface area contributed by atoms with Gasteiger partial charge in [-0.25, -0.2) is 0 Å². The molecule has 2 nitrogen and oxygen atoms in total. The van der Waals surface area contributed by atoms with E-state index in [1.807, 2.05) is 0 Å². The van der Waals surface area contributed by atoms with Crippen LogP contribution in [-0.4, -0.2) is 0 Å². The molecule has 12 aromatic rings. The van der Waals surface area contributed by atoms with Gasteiger partial charge in [0.1, 0.15) is 11.2 Å². The highest BCUT2D eigenvalue weighted by Crippen LogP contribution is 2.45. The highest BCUT2D eigenvalue weighted by Gasteiger charge is 2.20. The van der Waals surface area contributed by atoms with Gasteiger partial charge < -0.3 is 9.32 Å². The van der Waals surface area contributed by atoms with Crippen molar-refractivity contribution in [3.05, 3.63) is 212 Å². The summed E-state index contributed by atoms with van der Waals surface area (Å²) < 4.78 is 6.87. The summed E-state index contributed by atoms with van der Waals surface area (Å²) >= 11 is 0. The number of furan rings is 1. The first kappa shape index (κ1) is 32.6. The Morgan fingerprint density at radius 1 is 0.293 bits per heavy atom. The summed E-state index contributed by atoms with van der Waals surface area (Å²) in [5.41, 5.74) is 9.74. The van der Waals surface area contributed by atoms with Crippen LogP contribution in [0, 0.1) is 0 Å². The number of fused-ring (bicyclic) bond motifs is 11. The maximum atomic E-state index is 6.87. The van der Waals surface area contributed by atoms with E-state index < -0.39 is 0 Å². The molecular weight excluding hydrogens is 703 g/mol. The van der Waals surface area contributed by atoms with Crippen LogP contribution in [0.5, 0.6) is 0 Å². The van der Waals surface area contributed by atoms with Crippen molar-refractivity contribution in [2.24, 2.45) is 0 Å². The van der Waals surface area contributed by atoms with Crippen molar-refractivity contribution in [3.63, 3.8) is 0 Å². The van der Waals surface area contributed by atoms with Gasteiger partial charge in [0.15, 0.2) is 0 Å². The van der Waals surface area contributed by atoms with Crippen molar-refractivity contribution < 1.29 is 4.42 Å². The van der Waals surface area contributed by atoms with Crippen molar-refractivity contribution in [1.29, 1.82) is 0 Å². The molecule has 0 aliphatic carbocycles. The van der Waals surface area contributed by atoms with Crippen LogP contribution >= 0.6 is 0 Å². The molecule has 0 amide bonds. The molecule has 0 saturated carbocycles. The largest absolute Gasteiger partial charge is 0.455 e. The number of anilines is 3. The summed E-state index contributed by atoms with van der Waals surface area (Å²) in [5.74, 6) is 0. The van der Waals surface area contributed by atoms with E-state index in [1.165, 1.54) is 59.8 Å². The number of nitrogens with zero attached hydrogens (tertiary/aromatic N) is 1. The second-order valence-corrected chi connectivity index (χ2v) is 15.3. The third-order valence-electron chi connectivity index (χ3n) is 12.0. The van der Waals surface area contributed by atoms with Crippen LogP contribution in [-0.2, 0) is 0 Å². The number of para-hydroxylation sites is 1. The van der Waals surface area contributed by atoms with Crippen molar-refractivity contribution in [2.75, 3.05) is 4.90 Å². The monoisotopic (exact) mass is 737 g/mol. The zero-order chi connectivity index (χ0) is 38.2. The highest BCUT2D eigenvalue weighted by atomic mass is 16.3. The van der Waals surface area contributed by atoms with Gasteiger partial charge in [-0.15, -0.1) is 0 Å². The normalized spacial score (nSPS) is 11.8. The molecule has 11 aromatic carbocycles. The van der Waals surface area contributed by atoms with E-state index in [9.17, 15) is 0 Å². The summed E-state index contributed by atoms with van der Waals surface area (Å²) in [7, 11) is 0. The third-order valence-corrected chi connectivity index (χ3v) is 12.0. The topological polar surface area (TPSA) is 16.4 Å². The van der Waals surface area contributed by atoms with E-state index in [0.717, 1.165) is 55.3 Å². The Labute approximate surface area is 335 Å². The molecule has 2 heteroatoms. The van der Waals surface area contributed by atoms with Crippen LogP contribution in [0.25, 0.3) is 98.1 Å². The molecule has 0 unspecified atom stereocenters. The lowest BCUT2D eigenvalue weighted by Gasteiger charge is -2.25. The third kappa shape index (κ3) is 5.19. The second kappa shape index (κ2) is 12.9. The Bertz CT molecular complexity index is 3560. The summed E-state index contributed by atoms with van der Waals surface area (Å²) in [6.45, 7) is 0. The molecule has 1 aromatic heterocycles. The van der Waals surface area contributed by atoms with Crippen molar-refractivity contribution in [2.45, 2.75) is 0 Å². The first-order valence-electron chi connectivity index (χ1n) is 19.9. The van der Waals surface area contributed by atoms with E-state index in [0.29, 0.717) is 0 Å². The average Bonchev–Trinajstić information content (AvgIpc) is 3.68. The van der Waals surface area contributed by atoms with Crippen LogP contribution < -0.4 is 4.90 Å². The Morgan fingerprint density at radius 3 is 1.71 bits per heavy atom. The molecule has 0 aliphatic heterocycles. The molecule has 58 heavy (non-hydrogen) atoms. The minimum Gasteiger partial charge on any atom is -0.455 e. The Morgan fingerprint density at radius 2 is 0.879 bits per heavy atom. The minimum atomic E-state index is 0.869. The first-order chi connectivity index (χ1) is 28.7. The van der Waals surface area contributed by atoms with E-state index in [4.69, 9.17) is 4.42 Å². The fourth-order valence-corrected chi connectivity index (χ4v) is 9.16. The van der Waals surface area contributed by atoms with E-state index in [1.54, 1.807) is 0 Å². The smallest absolute Gasteiger partial charge is 0.143 e. The maximum absolute atomic E-state index is 6.87. The van der Waals surface area contributed by atoms with Crippen molar-refractivity contribution in [3.8, 4) is 22.3 Å². The summed E-state index contributed by atoms with van der Waals surface area (Å²) in [5, 5.41) is 14.5. The average molecular weight is 738 g/mol. The van der Waals surface area contributed by atoms with E-state index in [2.05, 4.69) is 217 Å². The highest BCUT2D eigenvalue weighted by molar-refractivity contribution is 6.24. The quantitative estimate of drug-likeness (QED) is 0.164. The molecule has 12 rings (SSSR count). The molecule has 0 bridgehead atoms. The van der Waals surface area contributed by atoms with Crippen LogP contribution in [0.3, 0.4) is 0 Å². The maximum Gasteiger partial charge on any atom is 0.143 e. The Hall–Kier alpha value is -7.68. The van der Waals surface area contributed by atoms with Gasteiger partial charge in [0, 0.05) is 33.2 Å². The molecular formula is C56H35NO. The van der Waals surface area contributed by atoms with Crippen molar-refractivity contribution >= 4 is 92.9 Å². The number of benzene rings is 11. The number of hydrogen-bond acceptors (Lipinski definition) is 2. The van der Waals surface area contributed by atoms with Gasteiger partial charge in [0.2, 0.25) is 0 Å². The van der Waals surface area contributed by atoms with Gasteiger partial charge in [-0.3, -0.25) is 0 Å². The zero-order valence-electron chi connectivity index (χ0n) is 31.6. The fraction of sp³-hybridized carbons (Fsp3) is 0. The predicted octanol–water partition coefficient (Wildman–Crippen LogP) is 16.2. The van der Waals surface area contributed by atoms with Crippen LogP contribution in [0.15, 0.2) is 217 Å². The molecule has 0 aliphatic rings. The van der Waals surface area contributed by atoms with E-state index in [-0.39, 0.29) is 0 Å². The summed E-state index contributed by atoms with van der Waals surface area (Å²) in [6.07, 6.45) is 0. The molecule has 0 atom stereocenters. The molecule has 270 valence electrons. The van der Waals surface area contributed by atoms with E-state index >= 15 is 0 Å². The molecule has 0 radical (unpaired) electrons. The molecule has 0 spiro atoms. The lowest BCUT2D eigenvalue weighted by Crippen LogP contribution is -2.09. The van der Waals surface area contributed by atoms with Gasteiger partial charge in [-0.05, 0) is 131 Å². The molecule has 1 heterocycles.